The first-order valence-corrected chi connectivity index (χ1v) is 8.96. The fourth-order valence-electron chi connectivity index (χ4n) is 2.35. The number of ether oxygens (including phenoxy) is 4. The van der Waals surface area contributed by atoms with Crippen LogP contribution in [0.4, 0.5) is 8.78 Å². The molecule has 8 heteroatoms. The monoisotopic (exact) mass is 407 g/mol. The van der Waals surface area contributed by atoms with Crippen molar-refractivity contribution >= 4 is 12.0 Å². The van der Waals surface area contributed by atoms with Crippen molar-refractivity contribution in [2.75, 3.05) is 26.9 Å². The highest BCUT2D eigenvalue weighted by atomic mass is 19.3. The number of hydrogen-bond acceptors (Lipinski definition) is 5. The molecule has 2 rings (SSSR count). The quantitative estimate of drug-likeness (QED) is 0.452. The van der Waals surface area contributed by atoms with Crippen LogP contribution < -0.4 is 24.3 Å². The van der Waals surface area contributed by atoms with Crippen molar-refractivity contribution in [1.82, 2.24) is 5.32 Å². The maximum atomic E-state index is 12.4. The lowest BCUT2D eigenvalue weighted by molar-refractivity contribution is -0.116. The van der Waals surface area contributed by atoms with Crippen molar-refractivity contribution in [3.63, 3.8) is 0 Å². The Morgan fingerprint density at radius 3 is 2.62 bits per heavy atom. The summed E-state index contributed by atoms with van der Waals surface area (Å²) in [4.78, 5) is 11.9. The van der Waals surface area contributed by atoms with Crippen LogP contribution in [0, 0.1) is 0 Å². The molecule has 1 amide bonds. The number of nitrogens with one attached hydrogen (secondary N) is 1. The highest BCUT2D eigenvalue weighted by Gasteiger charge is 2.11. The zero-order chi connectivity index (χ0) is 21.1. The Morgan fingerprint density at radius 1 is 1.10 bits per heavy atom. The molecule has 0 bridgehead atoms. The van der Waals surface area contributed by atoms with Gasteiger partial charge in [-0.3, -0.25) is 4.79 Å². The van der Waals surface area contributed by atoms with Crippen molar-refractivity contribution in [1.29, 1.82) is 0 Å². The third-order valence-corrected chi connectivity index (χ3v) is 3.62. The Labute approximate surface area is 168 Å². The van der Waals surface area contributed by atoms with Gasteiger partial charge in [0.05, 0.1) is 20.3 Å². The van der Waals surface area contributed by atoms with E-state index in [9.17, 15) is 13.6 Å². The molecule has 0 unspecified atom stereocenters. The lowest BCUT2D eigenvalue weighted by atomic mass is 10.2. The van der Waals surface area contributed by atoms with Gasteiger partial charge in [-0.25, -0.2) is 0 Å². The Kier molecular flexibility index (Phi) is 8.75. The fourth-order valence-corrected chi connectivity index (χ4v) is 2.35. The molecule has 156 valence electrons. The van der Waals surface area contributed by atoms with Crippen LogP contribution in [0.15, 0.2) is 48.5 Å². The van der Waals surface area contributed by atoms with Crippen molar-refractivity contribution in [2.45, 2.75) is 13.5 Å². The second-order valence-corrected chi connectivity index (χ2v) is 5.67. The van der Waals surface area contributed by atoms with Gasteiger partial charge in [0.2, 0.25) is 5.91 Å². The van der Waals surface area contributed by atoms with Crippen molar-refractivity contribution in [3.05, 3.63) is 54.1 Å². The van der Waals surface area contributed by atoms with E-state index >= 15 is 0 Å². The van der Waals surface area contributed by atoms with Crippen LogP contribution in [0.1, 0.15) is 12.5 Å². The maximum absolute atomic E-state index is 12.4. The summed E-state index contributed by atoms with van der Waals surface area (Å²) in [5.41, 5.74) is 0.609. The first-order chi connectivity index (χ1) is 14.0. The number of carbonyl (C=O) groups is 1. The van der Waals surface area contributed by atoms with Crippen LogP contribution in [-0.4, -0.2) is 39.4 Å². The molecule has 2 aromatic carbocycles. The van der Waals surface area contributed by atoms with E-state index in [1.54, 1.807) is 38.3 Å². The summed E-state index contributed by atoms with van der Waals surface area (Å²) < 4.78 is 45.2. The Hall–Kier alpha value is -3.29. The van der Waals surface area contributed by atoms with Gasteiger partial charge >= 0.3 is 6.61 Å². The van der Waals surface area contributed by atoms with Gasteiger partial charge in [-0.15, -0.1) is 0 Å². The number of alkyl halides is 2. The van der Waals surface area contributed by atoms with E-state index in [-0.39, 0.29) is 17.4 Å². The molecule has 1 N–H and O–H groups in total. The van der Waals surface area contributed by atoms with Crippen molar-refractivity contribution in [2.24, 2.45) is 0 Å². The topological polar surface area (TPSA) is 66.0 Å². The summed E-state index contributed by atoms with van der Waals surface area (Å²) in [6.07, 6.45) is 2.89. The Morgan fingerprint density at radius 2 is 1.90 bits per heavy atom. The molecule has 0 aromatic heterocycles. The number of hydrogen-bond donors (Lipinski definition) is 1. The molecule has 0 aliphatic rings. The highest BCUT2D eigenvalue weighted by Crippen LogP contribution is 2.30. The molecule has 0 radical (unpaired) electrons. The largest absolute Gasteiger partial charge is 0.497 e. The van der Waals surface area contributed by atoms with Crippen LogP contribution in [0.5, 0.6) is 23.0 Å². The standard InChI is InChI=1S/C21H23F2NO5/c1-3-27-19-13-15(7-9-18(19)29-21(22)23)8-10-20(25)24-11-12-28-17-6-4-5-16(14-17)26-2/h4-10,13-14,21H,3,11-12H2,1-2H3,(H,24,25)/b10-8+. The number of rotatable bonds is 11. The molecule has 0 aliphatic heterocycles. The van der Waals surface area contributed by atoms with Crippen LogP contribution in [0.2, 0.25) is 0 Å². The SMILES string of the molecule is CCOc1cc(/C=C/C(=O)NCCOc2cccc(OC)c2)ccc1OC(F)F. The van der Waals surface area contributed by atoms with Crippen molar-refractivity contribution in [3.8, 4) is 23.0 Å². The Balaban J connectivity index is 1.84. The minimum atomic E-state index is -2.94. The summed E-state index contributed by atoms with van der Waals surface area (Å²) >= 11 is 0. The van der Waals surface area contributed by atoms with Crippen LogP contribution in [-0.2, 0) is 4.79 Å². The van der Waals surface area contributed by atoms with E-state index in [4.69, 9.17) is 14.2 Å². The van der Waals surface area contributed by atoms with E-state index in [2.05, 4.69) is 10.1 Å². The molecule has 0 fully saturated rings. The second kappa shape index (κ2) is 11.5. The maximum Gasteiger partial charge on any atom is 0.387 e. The van der Waals surface area contributed by atoms with Gasteiger partial charge in [0.1, 0.15) is 18.1 Å². The van der Waals surface area contributed by atoms with Crippen molar-refractivity contribution < 1.29 is 32.5 Å². The molecule has 29 heavy (non-hydrogen) atoms. The number of benzene rings is 2. The smallest absolute Gasteiger partial charge is 0.387 e. The predicted octanol–water partition coefficient (Wildman–Crippen LogP) is 3.90. The lowest BCUT2D eigenvalue weighted by Crippen LogP contribution is -2.26. The first-order valence-electron chi connectivity index (χ1n) is 8.96. The van der Waals surface area contributed by atoms with E-state index in [0.717, 1.165) is 0 Å². The number of methoxy groups -OCH3 is 1. The second-order valence-electron chi connectivity index (χ2n) is 5.67. The van der Waals surface area contributed by atoms with E-state index in [1.165, 1.54) is 18.2 Å². The Bertz CT molecular complexity index is 826. The number of halogens is 2. The van der Waals surface area contributed by atoms with Crippen LogP contribution >= 0.6 is 0 Å². The average Bonchev–Trinajstić information content (AvgIpc) is 2.71. The van der Waals surface area contributed by atoms with Gasteiger partial charge in [-0.05, 0) is 42.8 Å². The third kappa shape index (κ3) is 7.69. The normalized spacial score (nSPS) is 10.8. The van der Waals surface area contributed by atoms with Gasteiger partial charge in [0, 0.05) is 12.1 Å². The lowest BCUT2D eigenvalue weighted by Gasteiger charge is -2.11. The molecular weight excluding hydrogens is 384 g/mol. The molecule has 2 aromatic rings. The molecular formula is C21H23F2NO5. The fraction of sp³-hybridized carbons (Fsp3) is 0.286. The third-order valence-electron chi connectivity index (χ3n) is 3.62. The van der Waals surface area contributed by atoms with Gasteiger partial charge < -0.3 is 24.3 Å². The summed E-state index contributed by atoms with van der Waals surface area (Å²) in [6.45, 7) is -0.316. The summed E-state index contributed by atoms with van der Waals surface area (Å²) in [7, 11) is 1.57. The first kappa shape index (κ1) is 22.0. The molecule has 0 aliphatic carbocycles. The molecule has 0 heterocycles. The van der Waals surface area contributed by atoms with Crippen LogP contribution in [0.25, 0.3) is 6.08 Å². The van der Waals surface area contributed by atoms with Gasteiger partial charge in [0.25, 0.3) is 0 Å². The predicted molar refractivity (Wildman–Crippen MR) is 105 cm³/mol. The van der Waals surface area contributed by atoms with E-state index < -0.39 is 6.61 Å². The zero-order valence-electron chi connectivity index (χ0n) is 16.2. The van der Waals surface area contributed by atoms with Gasteiger partial charge in [0.15, 0.2) is 11.5 Å². The molecule has 0 saturated carbocycles. The zero-order valence-corrected chi connectivity index (χ0v) is 16.2. The van der Waals surface area contributed by atoms with E-state index in [1.807, 2.05) is 12.1 Å². The minimum Gasteiger partial charge on any atom is -0.497 e. The average molecular weight is 407 g/mol. The van der Waals surface area contributed by atoms with Crippen LogP contribution in [0.3, 0.4) is 0 Å². The molecule has 0 spiro atoms. The number of carbonyl (C=O) groups excluding carboxylic acids is 1. The summed E-state index contributed by atoms with van der Waals surface area (Å²) in [5.74, 6) is 1.14. The van der Waals surface area contributed by atoms with Gasteiger partial charge in [-0.1, -0.05) is 12.1 Å². The molecule has 6 nitrogen and oxygen atoms in total. The molecule has 0 saturated heterocycles. The number of amides is 1. The summed E-state index contributed by atoms with van der Waals surface area (Å²) in [6, 6.07) is 11.6. The van der Waals surface area contributed by atoms with Gasteiger partial charge in [-0.2, -0.15) is 8.78 Å². The summed E-state index contributed by atoms with van der Waals surface area (Å²) in [5, 5.41) is 2.69. The molecule has 0 atom stereocenters. The van der Waals surface area contributed by atoms with E-state index in [0.29, 0.717) is 36.8 Å². The minimum absolute atomic E-state index is 0.0573. The highest BCUT2D eigenvalue weighted by molar-refractivity contribution is 5.91.